The van der Waals surface area contributed by atoms with Crippen molar-refractivity contribution in [1.29, 1.82) is 0 Å². The number of piperidine rings is 1. The summed E-state index contributed by atoms with van der Waals surface area (Å²) in [5.41, 5.74) is 2.15. The molecule has 2 aromatic heterocycles. The quantitative estimate of drug-likeness (QED) is 0.695. The molecule has 4 heterocycles. The Labute approximate surface area is 179 Å². The zero-order chi connectivity index (χ0) is 21.6. The lowest BCUT2D eigenvalue weighted by Gasteiger charge is -2.63. The number of halogens is 1. The van der Waals surface area contributed by atoms with Crippen LogP contribution in [0.25, 0.3) is 11.4 Å². The number of urea groups is 1. The van der Waals surface area contributed by atoms with Crippen LogP contribution in [-0.4, -0.2) is 47.2 Å². The highest BCUT2D eigenvalue weighted by atomic mass is 19.1. The molecule has 2 saturated heterocycles. The van der Waals surface area contributed by atoms with Gasteiger partial charge in [-0.05, 0) is 49.8 Å². The van der Waals surface area contributed by atoms with E-state index in [2.05, 4.69) is 32.4 Å². The SMILES string of the molecule is Cc1ccc(NC(=O)N2[C@@H]3CC(C)CC2(Cn2cnnc2)C3)cc1-c1ncc(F)cn1. The van der Waals surface area contributed by atoms with Crippen LogP contribution < -0.4 is 5.32 Å². The van der Waals surface area contributed by atoms with Crippen LogP contribution in [0.15, 0.2) is 43.2 Å². The Hall–Kier alpha value is -3.36. The second-order valence-corrected chi connectivity index (χ2v) is 8.82. The predicted molar refractivity (Wildman–Crippen MR) is 113 cm³/mol. The molecule has 2 fully saturated rings. The predicted octanol–water partition coefficient (Wildman–Crippen LogP) is 3.66. The smallest absolute Gasteiger partial charge is 0.318 e. The van der Waals surface area contributed by atoms with Gasteiger partial charge in [0, 0.05) is 23.8 Å². The minimum absolute atomic E-state index is 0.106. The minimum Gasteiger partial charge on any atom is -0.318 e. The van der Waals surface area contributed by atoms with Crippen molar-refractivity contribution >= 4 is 11.7 Å². The van der Waals surface area contributed by atoms with Gasteiger partial charge in [-0.1, -0.05) is 13.0 Å². The van der Waals surface area contributed by atoms with Gasteiger partial charge in [-0.15, -0.1) is 10.2 Å². The molecule has 2 bridgehead atoms. The number of benzene rings is 1. The van der Waals surface area contributed by atoms with E-state index in [1.165, 1.54) is 0 Å². The summed E-state index contributed by atoms with van der Waals surface area (Å²) in [6, 6.07) is 5.75. The molecule has 2 amide bonds. The van der Waals surface area contributed by atoms with E-state index in [0.29, 0.717) is 24.0 Å². The molecule has 0 saturated carbocycles. The van der Waals surface area contributed by atoms with Crippen molar-refractivity contribution in [3.63, 3.8) is 0 Å². The molecule has 3 atom stereocenters. The first-order chi connectivity index (χ1) is 14.9. The first kappa shape index (κ1) is 19.6. The molecule has 5 rings (SSSR count). The maximum atomic E-state index is 13.3. The van der Waals surface area contributed by atoms with Gasteiger partial charge in [0.2, 0.25) is 0 Å². The highest BCUT2D eigenvalue weighted by molar-refractivity contribution is 5.91. The highest BCUT2D eigenvalue weighted by Gasteiger charge is 2.58. The average molecular weight is 421 g/mol. The topological polar surface area (TPSA) is 88.8 Å². The normalized spacial score (nSPS) is 24.5. The molecule has 0 aliphatic carbocycles. The molecule has 2 aliphatic heterocycles. The summed E-state index contributed by atoms with van der Waals surface area (Å²) in [6.45, 7) is 4.87. The van der Waals surface area contributed by atoms with Crippen molar-refractivity contribution in [3.8, 4) is 11.4 Å². The largest absolute Gasteiger partial charge is 0.322 e. The molecule has 9 heteroatoms. The molecule has 31 heavy (non-hydrogen) atoms. The number of aryl methyl sites for hydroxylation is 1. The number of hydrogen-bond acceptors (Lipinski definition) is 5. The lowest BCUT2D eigenvalue weighted by molar-refractivity contribution is -0.0988. The third kappa shape index (κ3) is 3.54. The van der Waals surface area contributed by atoms with Crippen LogP contribution in [-0.2, 0) is 6.54 Å². The molecule has 3 aromatic rings. The summed E-state index contributed by atoms with van der Waals surface area (Å²) >= 11 is 0. The van der Waals surface area contributed by atoms with Crippen LogP contribution >= 0.6 is 0 Å². The van der Waals surface area contributed by atoms with E-state index in [-0.39, 0.29) is 17.6 Å². The van der Waals surface area contributed by atoms with Gasteiger partial charge in [0.05, 0.1) is 17.9 Å². The lowest BCUT2D eigenvalue weighted by atomic mass is 9.64. The highest BCUT2D eigenvalue weighted by Crippen LogP contribution is 2.50. The Morgan fingerprint density at radius 1 is 1.23 bits per heavy atom. The summed E-state index contributed by atoms with van der Waals surface area (Å²) in [6.07, 6.45) is 8.65. The molecule has 8 nitrogen and oxygen atoms in total. The van der Waals surface area contributed by atoms with Gasteiger partial charge in [-0.2, -0.15) is 0 Å². The molecule has 1 aromatic carbocycles. The van der Waals surface area contributed by atoms with E-state index in [1.54, 1.807) is 12.7 Å². The van der Waals surface area contributed by atoms with E-state index in [1.807, 2.05) is 34.6 Å². The minimum atomic E-state index is -0.484. The van der Waals surface area contributed by atoms with Gasteiger partial charge in [-0.25, -0.2) is 19.2 Å². The van der Waals surface area contributed by atoms with Gasteiger partial charge >= 0.3 is 6.03 Å². The number of fused-ring (bicyclic) bond motifs is 2. The Kier molecular flexibility index (Phi) is 4.68. The van der Waals surface area contributed by atoms with E-state index in [0.717, 1.165) is 42.8 Å². The van der Waals surface area contributed by atoms with Gasteiger partial charge in [0.25, 0.3) is 0 Å². The summed E-state index contributed by atoms with van der Waals surface area (Å²) in [7, 11) is 0. The summed E-state index contributed by atoms with van der Waals surface area (Å²) in [5, 5.41) is 10.9. The molecule has 0 spiro atoms. The Morgan fingerprint density at radius 2 is 1.97 bits per heavy atom. The number of aromatic nitrogens is 5. The standard InChI is InChI=1S/C22H24FN7O/c1-14-5-18-8-22(7-14,11-29-12-26-27-13-29)30(18)21(31)28-17-4-3-15(2)19(6-17)20-24-9-16(23)10-25-20/h3-4,6,9-10,12-14,18H,5,7-8,11H2,1-2H3,(H,28,31)/t14?,18-,22?/m1/s1. The van der Waals surface area contributed by atoms with E-state index < -0.39 is 5.82 Å². The maximum absolute atomic E-state index is 13.3. The first-order valence-electron chi connectivity index (χ1n) is 10.4. The van der Waals surface area contributed by atoms with Crippen molar-refractivity contribution in [1.82, 2.24) is 29.6 Å². The number of nitrogens with zero attached hydrogens (tertiary/aromatic N) is 6. The zero-order valence-corrected chi connectivity index (χ0v) is 17.5. The molecule has 1 N–H and O–H groups in total. The number of anilines is 1. The third-order valence-corrected chi connectivity index (χ3v) is 6.41. The molecule has 0 radical (unpaired) electrons. The Bertz CT molecular complexity index is 1100. The fourth-order valence-corrected chi connectivity index (χ4v) is 5.28. The number of carbonyl (C=O) groups excluding carboxylic acids is 1. The fourth-order valence-electron chi connectivity index (χ4n) is 5.28. The Balaban J connectivity index is 1.38. The van der Waals surface area contributed by atoms with Crippen molar-refractivity contribution in [2.75, 3.05) is 5.32 Å². The number of amides is 2. The van der Waals surface area contributed by atoms with E-state index in [4.69, 9.17) is 0 Å². The van der Waals surface area contributed by atoms with Crippen molar-refractivity contribution < 1.29 is 9.18 Å². The average Bonchev–Trinajstić information content (AvgIpc) is 3.22. The van der Waals surface area contributed by atoms with Gasteiger partial charge in [0.15, 0.2) is 11.6 Å². The Morgan fingerprint density at radius 3 is 2.71 bits per heavy atom. The molecule has 160 valence electrons. The number of rotatable bonds is 4. The molecular formula is C22H24FN7O. The number of hydrogen-bond donors (Lipinski definition) is 1. The lowest BCUT2D eigenvalue weighted by Crippen LogP contribution is -2.73. The van der Waals surface area contributed by atoms with Gasteiger partial charge < -0.3 is 14.8 Å². The maximum Gasteiger partial charge on any atom is 0.322 e. The zero-order valence-electron chi connectivity index (χ0n) is 17.5. The second kappa shape index (κ2) is 7.40. The van der Waals surface area contributed by atoms with Crippen molar-refractivity contribution in [2.45, 2.75) is 51.2 Å². The summed E-state index contributed by atoms with van der Waals surface area (Å²) in [4.78, 5) is 23.5. The van der Waals surface area contributed by atoms with Crippen molar-refractivity contribution in [2.24, 2.45) is 5.92 Å². The van der Waals surface area contributed by atoms with Crippen LogP contribution in [0.2, 0.25) is 0 Å². The molecule has 2 unspecified atom stereocenters. The molecule has 2 aliphatic rings. The van der Waals surface area contributed by atoms with Crippen molar-refractivity contribution in [3.05, 3.63) is 54.6 Å². The van der Waals surface area contributed by atoms with Crippen LogP contribution in [0.4, 0.5) is 14.9 Å². The van der Waals surface area contributed by atoms with Crippen LogP contribution in [0.5, 0.6) is 0 Å². The van der Waals surface area contributed by atoms with Gasteiger partial charge in [-0.3, -0.25) is 0 Å². The fraction of sp³-hybridized carbons (Fsp3) is 0.409. The van der Waals surface area contributed by atoms with Crippen LogP contribution in [0.3, 0.4) is 0 Å². The monoisotopic (exact) mass is 421 g/mol. The third-order valence-electron chi connectivity index (χ3n) is 6.41. The number of carbonyl (C=O) groups is 1. The van der Waals surface area contributed by atoms with E-state index in [9.17, 15) is 9.18 Å². The van der Waals surface area contributed by atoms with Crippen LogP contribution in [0.1, 0.15) is 31.7 Å². The van der Waals surface area contributed by atoms with Gasteiger partial charge in [0.1, 0.15) is 12.7 Å². The number of nitrogens with one attached hydrogen (secondary N) is 1. The summed E-state index contributed by atoms with van der Waals surface area (Å²) < 4.78 is 15.2. The molecular weight excluding hydrogens is 397 g/mol. The van der Waals surface area contributed by atoms with E-state index >= 15 is 0 Å². The summed E-state index contributed by atoms with van der Waals surface area (Å²) in [5.74, 6) is 0.511. The van der Waals surface area contributed by atoms with Crippen LogP contribution in [0, 0.1) is 18.7 Å². The first-order valence-corrected chi connectivity index (χ1v) is 10.4. The second-order valence-electron chi connectivity index (χ2n) is 8.82.